The molecule has 94 valence electrons. The fourth-order valence-electron chi connectivity index (χ4n) is 1.26. The average Bonchev–Trinajstić information content (AvgIpc) is 2.16. The van der Waals surface area contributed by atoms with Crippen LogP contribution < -0.4 is 0 Å². The van der Waals surface area contributed by atoms with E-state index in [-0.39, 0.29) is 4.47 Å². The Morgan fingerprint density at radius 3 is 2.35 bits per heavy atom. The monoisotopic (exact) mass is 312 g/mol. The summed E-state index contributed by atoms with van der Waals surface area (Å²) in [5, 5.41) is 18.1. The van der Waals surface area contributed by atoms with Crippen molar-refractivity contribution in [3.05, 3.63) is 34.1 Å². The van der Waals surface area contributed by atoms with Crippen LogP contribution in [0.3, 0.4) is 0 Å². The number of hydrogen-bond donors (Lipinski definition) is 2. The first-order valence-electron chi connectivity index (χ1n) is 4.40. The van der Waals surface area contributed by atoms with Gasteiger partial charge in [-0.05, 0) is 19.1 Å². The molecule has 0 radical (unpaired) electrons. The fraction of sp³-hybridized carbons (Fsp3) is 0.300. The molecule has 0 aliphatic rings. The predicted octanol–water partition coefficient (Wildman–Crippen LogP) is 2.52. The maximum Gasteiger partial charge on any atom is 0.378 e. The van der Waals surface area contributed by atoms with E-state index in [4.69, 9.17) is 5.11 Å². The molecule has 0 aliphatic heterocycles. The van der Waals surface area contributed by atoms with Gasteiger partial charge >= 0.3 is 11.9 Å². The van der Waals surface area contributed by atoms with Crippen LogP contribution in [0, 0.1) is 5.82 Å². The Morgan fingerprint density at radius 2 is 1.94 bits per heavy atom. The van der Waals surface area contributed by atoms with Crippen LogP contribution >= 0.6 is 15.9 Å². The molecule has 1 aromatic carbocycles. The Hall–Kier alpha value is -1.08. The van der Waals surface area contributed by atoms with Gasteiger partial charge in [-0.25, -0.2) is 9.18 Å². The van der Waals surface area contributed by atoms with Crippen molar-refractivity contribution in [1.82, 2.24) is 0 Å². The van der Waals surface area contributed by atoms with E-state index in [2.05, 4.69) is 15.9 Å². The summed E-state index contributed by atoms with van der Waals surface area (Å²) < 4.78 is 39.3. The second-order valence-electron chi connectivity index (χ2n) is 3.58. The van der Waals surface area contributed by atoms with Gasteiger partial charge in [0.2, 0.25) is 0 Å². The van der Waals surface area contributed by atoms with Gasteiger partial charge < -0.3 is 10.2 Å². The second-order valence-corrected chi connectivity index (χ2v) is 4.43. The number of carboxylic acid groups (broad SMARTS) is 1. The maximum atomic E-state index is 13.3. The van der Waals surface area contributed by atoms with Crippen molar-refractivity contribution in [2.75, 3.05) is 0 Å². The zero-order valence-electron chi connectivity index (χ0n) is 8.55. The fourth-order valence-corrected chi connectivity index (χ4v) is 2.00. The van der Waals surface area contributed by atoms with E-state index in [1.807, 2.05) is 0 Å². The van der Waals surface area contributed by atoms with Crippen molar-refractivity contribution in [1.29, 1.82) is 0 Å². The molecule has 3 nitrogen and oxygen atoms in total. The van der Waals surface area contributed by atoms with Gasteiger partial charge in [0.05, 0.1) is 0 Å². The Bertz CT molecular complexity index is 460. The molecular formula is C10H8BrF3O3. The molecule has 1 unspecified atom stereocenters. The van der Waals surface area contributed by atoms with E-state index in [0.717, 1.165) is 18.2 Å². The van der Waals surface area contributed by atoms with Crippen LogP contribution in [0.25, 0.3) is 0 Å². The van der Waals surface area contributed by atoms with Crippen molar-refractivity contribution in [2.45, 2.75) is 18.4 Å². The van der Waals surface area contributed by atoms with E-state index < -0.39 is 28.9 Å². The highest BCUT2D eigenvalue weighted by molar-refractivity contribution is 9.10. The zero-order chi connectivity index (χ0) is 13.4. The Morgan fingerprint density at radius 1 is 1.41 bits per heavy atom. The number of carboxylic acids is 1. The number of benzene rings is 1. The lowest BCUT2D eigenvalue weighted by Gasteiger charge is -2.30. The van der Waals surface area contributed by atoms with Crippen molar-refractivity contribution in [2.24, 2.45) is 0 Å². The average molecular weight is 313 g/mol. The number of alkyl halides is 2. The van der Waals surface area contributed by atoms with Gasteiger partial charge in [-0.15, -0.1) is 0 Å². The molecular weight excluding hydrogens is 305 g/mol. The van der Waals surface area contributed by atoms with Gasteiger partial charge in [-0.3, -0.25) is 0 Å². The van der Waals surface area contributed by atoms with E-state index in [1.165, 1.54) is 0 Å². The molecule has 0 saturated carbocycles. The van der Waals surface area contributed by atoms with Crippen LogP contribution in [0.1, 0.15) is 12.5 Å². The summed E-state index contributed by atoms with van der Waals surface area (Å²) in [6.45, 7) is 0.652. The molecule has 0 fully saturated rings. The molecule has 17 heavy (non-hydrogen) atoms. The molecule has 0 amide bonds. The summed E-state index contributed by atoms with van der Waals surface area (Å²) in [6, 6.07) is 2.62. The van der Waals surface area contributed by atoms with Crippen molar-refractivity contribution in [3.63, 3.8) is 0 Å². The van der Waals surface area contributed by atoms with E-state index in [9.17, 15) is 23.1 Å². The lowest BCUT2D eigenvalue weighted by Crippen LogP contribution is -2.49. The minimum Gasteiger partial charge on any atom is -0.477 e. The van der Waals surface area contributed by atoms with Crippen molar-refractivity contribution in [3.8, 4) is 0 Å². The third-order valence-corrected chi connectivity index (χ3v) is 2.99. The second kappa shape index (κ2) is 4.30. The molecule has 0 aliphatic carbocycles. The molecule has 0 saturated heterocycles. The van der Waals surface area contributed by atoms with Crippen LogP contribution in [-0.2, 0) is 10.4 Å². The first-order valence-corrected chi connectivity index (χ1v) is 5.19. The molecule has 1 rings (SSSR count). The highest BCUT2D eigenvalue weighted by Crippen LogP contribution is 2.40. The number of halogens is 4. The topological polar surface area (TPSA) is 57.5 Å². The van der Waals surface area contributed by atoms with Crippen LogP contribution in [0.4, 0.5) is 13.2 Å². The number of rotatable bonds is 3. The molecule has 2 N–H and O–H groups in total. The van der Waals surface area contributed by atoms with Crippen LogP contribution in [0.5, 0.6) is 0 Å². The third-order valence-electron chi connectivity index (χ3n) is 2.34. The first-order chi connectivity index (χ1) is 7.60. The van der Waals surface area contributed by atoms with Gasteiger partial charge in [0, 0.05) is 10.0 Å². The Kier molecular flexibility index (Phi) is 3.54. The van der Waals surface area contributed by atoms with Gasteiger partial charge in [0.25, 0.3) is 0 Å². The largest absolute Gasteiger partial charge is 0.477 e. The minimum absolute atomic E-state index is 0.136. The smallest absolute Gasteiger partial charge is 0.378 e. The molecule has 0 aromatic heterocycles. The zero-order valence-corrected chi connectivity index (χ0v) is 10.1. The molecule has 0 heterocycles. The summed E-state index contributed by atoms with van der Waals surface area (Å²) in [6.07, 6.45) is 0. The quantitative estimate of drug-likeness (QED) is 0.901. The van der Waals surface area contributed by atoms with Gasteiger partial charge in [0.15, 0.2) is 5.60 Å². The highest BCUT2D eigenvalue weighted by atomic mass is 79.9. The van der Waals surface area contributed by atoms with E-state index >= 15 is 0 Å². The van der Waals surface area contributed by atoms with E-state index in [1.54, 1.807) is 0 Å². The molecule has 0 spiro atoms. The summed E-state index contributed by atoms with van der Waals surface area (Å²) in [4.78, 5) is 10.4. The number of carbonyl (C=O) groups is 1. The number of aliphatic hydroxyl groups is 1. The van der Waals surface area contributed by atoms with Crippen LogP contribution in [0.2, 0.25) is 0 Å². The molecule has 1 aromatic rings. The minimum atomic E-state index is -4.40. The molecule has 0 bridgehead atoms. The lowest BCUT2D eigenvalue weighted by atomic mass is 9.89. The van der Waals surface area contributed by atoms with Gasteiger partial charge in [0.1, 0.15) is 5.82 Å². The SMILES string of the molecule is CC(O)(c1ccc(F)cc1Br)C(F)(F)C(=O)O. The van der Waals surface area contributed by atoms with Crippen LogP contribution in [0.15, 0.2) is 22.7 Å². The predicted molar refractivity (Wildman–Crippen MR) is 56.3 cm³/mol. The third kappa shape index (κ3) is 2.30. The standard InChI is InChI=1S/C10H8BrF3O3/c1-9(17,10(13,14)8(15)16)6-3-2-5(12)4-7(6)11/h2-4,17H,1H3,(H,15,16). The van der Waals surface area contributed by atoms with Crippen LogP contribution in [-0.4, -0.2) is 22.1 Å². The highest BCUT2D eigenvalue weighted by Gasteiger charge is 2.57. The lowest BCUT2D eigenvalue weighted by molar-refractivity contribution is -0.207. The van der Waals surface area contributed by atoms with Crippen molar-refractivity contribution < 1.29 is 28.2 Å². The van der Waals surface area contributed by atoms with Gasteiger partial charge in [-0.2, -0.15) is 8.78 Å². The summed E-state index contributed by atoms with van der Waals surface area (Å²) >= 11 is 2.80. The Labute approximate surface area is 103 Å². The molecule has 1 atom stereocenters. The number of hydrogen-bond acceptors (Lipinski definition) is 2. The first kappa shape index (κ1) is 14.0. The Balaban J connectivity index is 3.35. The van der Waals surface area contributed by atoms with Gasteiger partial charge in [-0.1, -0.05) is 22.0 Å². The summed E-state index contributed by atoms with van der Waals surface area (Å²) in [5.74, 6) is -7.55. The molecule has 7 heteroatoms. The summed E-state index contributed by atoms with van der Waals surface area (Å²) in [5.41, 5.74) is -3.36. The summed E-state index contributed by atoms with van der Waals surface area (Å²) in [7, 11) is 0. The van der Waals surface area contributed by atoms with E-state index in [0.29, 0.717) is 6.92 Å². The normalized spacial score (nSPS) is 15.4. The van der Waals surface area contributed by atoms with Crippen molar-refractivity contribution >= 4 is 21.9 Å². The number of aliphatic carboxylic acids is 1. The maximum absolute atomic E-state index is 13.3.